The van der Waals surface area contributed by atoms with E-state index in [9.17, 15) is 0 Å². The third-order valence-electron chi connectivity index (χ3n) is 3.19. The van der Waals surface area contributed by atoms with Crippen molar-refractivity contribution in [2.45, 2.75) is 84.5 Å². The van der Waals surface area contributed by atoms with Gasteiger partial charge < -0.3 is 0 Å². The summed E-state index contributed by atoms with van der Waals surface area (Å²) in [6.07, 6.45) is 15.1. The van der Waals surface area contributed by atoms with Crippen molar-refractivity contribution in [3.05, 3.63) is 0 Å². The molecule has 104 valence electrons. The van der Waals surface area contributed by atoms with Crippen LogP contribution in [-0.2, 0) is 0 Å². The van der Waals surface area contributed by atoms with Crippen molar-refractivity contribution in [1.29, 1.82) is 0 Å². The first-order chi connectivity index (χ1) is 8.41. The highest BCUT2D eigenvalue weighted by Crippen LogP contribution is 2.04. The molecule has 0 heterocycles. The molecule has 0 aromatic heterocycles. The minimum Gasteiger partial charge on any atom is -0.258 e. The van der Waals surface area contributed by atoms with Crippen LogP contribution in [0.4, 0.5) is 0 Å². The van der Waals surface area contributed by atoms with Crippen LogP contribution >= 0.6 is 0 Å². The molecule has 0 saturated heterocycles. The maximum absolute atomic E-state index is 3.32. The van der Waals surface area contributed by atoms with Crippen molar-refractivity contribution in [1.82, 2.24) is 10.9 Å². The summed E-state index contributed by atoms with van der Waals surface area (Å²) in [6.45, 7) is 6.78. The second kappa shape index (κ2) is 15.9. The summed E-state index contributed by atoms with van der Waals surface area (Å²) in [5.74, 6) is 0. The van der Waals surface area contributed by atoms with Gasteiger partial charge in [0.2, 0.25) is 0 Å². The molecule has 0 atom stereocenters. The molecule has 0 aromatic rings. The van der Waals surface area contributed by atoms with Gasteiger partial charge in [-0.2, -0.15) is 0 Å². The summed E-state index contributed by atoms with van der Waals surface area (Å²) in [5, 5.41) is 0. The van der Waals surface area contributed by atoms with Crippen molar-refractivity contribution in [3.63, 3.8) is 0 Å². The van der Waals surface area contributed by atoms with Crippen LogP contribution in [0.5, 0.6) is 0 Å². The van der Waals surface area contributed by atoms with E-state index in [2.05, 4.69) is 24.7 Å². The highest BCUT2D eigenvalue weighted by molar-refractivity contribution is 4.48. The Hall–Kier alpha value is -0.0800. The molecular weight excluding hydrogens is 208 g/mol. The van der Waals surface area contributed by atoms with Crippen LogP contribution in [0.25, 0.3) is 0 Å². The normalized spacial score (nSPS) is 10.9. The maximum atomic E-state index is 3.32. The number of nitrogens with one attached hydrogen (secondary N) is 2. The van der Waals surface area contributed by atoms with Crippen molar-refractivity contribution >= 4 is 0 Å². The second-order valence-corrected chi connectivity index (χ2v) is 5.04. The molecule has 0 aliphatic rings. The Labute approximate surface area is 109 Å². The average Bonchev–Trinajstić information content (AvgIpc) is 2.35. The minimum atomic E-state index is 1.12. The van der Waals surface area contributed by atoms with E-state index in [1.807, 2.05) is 0 Å². The van der Waals surface area contributed by atoms with Gasteiger partial charge >= 0.3 is 0 Å². The Morgan fingerprint density at radius 2 is 0.824 bits per heavy atom. The van der Waals surface area contributed by atoms with Crippen LogP contribution in [0.3, 0.4) is 0 Å². The molecule has 0 bridgehead atoms. The molecule has 0 rings (SSSR count). The van der Waals surface area contributed by atoms with Gasteiger partial charge in [-0.05, 0) is 12.8 Å². The minimum absolute atomic E-state index is 1.12. The smallest absolute Gasteiger partial charge is 0.00997 e. The standard InChI is InChI=1S/C15H34N2/c1-3-5-7-9-11-13-15-17-16-14-12-10-8-6-4-2/h16-17H,3-15H2,1-2H3. The monoisotopic (exact) mass is 242 g/mol. The summed E-state index contributed by atoms with van der Waals surface area (Å²) in [7, 11) is 0. The zero-order valence-electron chi connectivity index (χ0n) is 12.2. The molecule has 2 heteroatoms. The van der Waals surface area contributed by atoms with E-state index in [4.69, 9.17) is 0 Å². The van der Waals surface area contributed by atoms with Crippen molar-refractivity contribution in [2.24, 2.45) is 0 Å². The lowest BCUT2D eigenvalue weighted by molar-refractivity contribution is 0.482. The first-order valence-electron chi connectivity index (χ1n) is 7.87. The average molecular weight is 242 g/mol. The van der Waals surface area contributed by atoms with Crippen molar-refractivity contribution in [2.75, 3.05) is 13.1 Å². The number of unbranched alkanes of at least 4 members (excludes halogenated alkanes) is 9. The van der Waals surface area contributed by atoms with Gasteiger partial charge in [-0.15, -0.1) is 0 Å². The predicted octanol–water partition coefficient (Wildman–Crippen LogP) is 4.41. The highest BCUT2D eigenvalue weighted by Gasteiger charge is 1.91. The summed E-state index contributed by atoms with van der Waals surface area (Å²) in [4.78, 5) is 0. The van der Waals surface area contributed by atoms with E-state index >= 15 is 0 Å². The molecule has 0 aromatic carbocycles. The van der Waals surface area contributed by atoms with Gasteiger partial charge in [-0.3, -0.25) is 10.9 Å². The molecule has 2 nitrogen and oxygen atoms in total. The van der Waals surface area contributed by atoms with Crippen LogP contribution in [0, 0.1) is 0 Å². The highest BCUT2D eigenvalue weighted by atomic mass is 15.3. The van der Waals surface area contributed by atoms with E-state index in [1.54, 1.807) is 0 Å². The molecule has 17 heavy (non-hydrogen) atoms. The lowest BCUT2D eigenvalue weighted by Gasteiger charge is -2.06. The molecular formula is C15H34N2. The van der Waals surface area contributed by atoms with E-state index in [0.717, 1.165) is 13.1 Å². The Balaban J connectivity index is 2.85. The van der Waals surface area contributed by atoms with Crippen molar-refractivity contribution in [3.8, 4) is 0 Å². The van der Waals surface area contributed by atoms with Crippen LogP contribution < -0.4 is 10.9 Å². The predicted molar refractivity (Wildman–Crippen MR) is 78.1 cm³/mol. The molecule has 0 unspecified atom stereocenters. The van der Waals surface area contributed by atoms with Crippen LogP contribution in [0.1, 0.15) is 84.5 Å². The third kappa shape index (κ3) is 15.9. The Bertz CT molecular complexity index is 112. The summed E-state index contributed by atoms with van der Waals surface area (Å²) in [6, 6.07) is 0. The van der Waals surface area contributed by atoms with E-state index in [0.29, 0.717) is 0 Å². The van der Waals surface area contributed by atoms with E-state index < -0.39 is 0 Å². The molecule has 0 amide bonds. The van der Waals surface area contributed by atoms with Gasteiger partial charge in [0, 0.05) is 13.1 Å². The van der Waals surface area contributed by atoms with Gasteiger partial charge in [0.1, 0.15) is 0 Å². The first-order valence-corrected chi connectivity index (χ1v) is 7.87. The van der Waals surface area contributed by atoms with Crippen LogP contribution in [0.15, 0.2) is 0 Å². The largest absolute Gasteiger partial charge is 0.258 e. The Morgan fingerprint density at radius 1 is 0.471 bits per heavy atom. The molecule has 2 N–H and O–H groups in total. The number of hydrogen-bond acceptors (Lipinski definition) is 2. The Morgan fingerprint density at radius 3 is 1.24 bits per heavy atom. The SMILES string of the molecule is CCCCCCCCNNCCCCCCC. The fourth-order valence-electron chi connectivity index (χ4n) is 1.99. The molecule has 0 aliphatic heterocycles. The maximum Gasteiger partial charge on any atom is 0.00997 e. The van der Waals surface area contributed by atoms with Gasteiger partial charge in [0.25, 0.3) is 0 Å². The van der Waals surface area contributed by atoms with Gasteiger partial charge in [-0.25, -0.2) is 0 Å². The molecule has 0 spiro atoms. The topological polar surface area (TPSA) is 24.1 Å². The zero-order valence-corrected chi connectivity index (χ0v) is 12.2. The fraction of sp³-hybridized carbons (Fsp3) is 1.00. The second-order valence-electron chi connectivity index (χ2n) is 5.04. The van der Waals surface area contributed by atoms with Gasteiger partial charge in [0.15, 0.2) is 0 Å². The van der Waals surface area contributed by atoms with Crippen LogP contribution in [-0.4, -0.2) is 13.1 Å². The van der Waals surface area contributed by atoms with Gasteiger partial charge in [-0.1, -0.05) is 71.6 Å². The summed E-state index contributed by atoms with van der Waals surface area (Å²) in [5.41, 5.74) is 6.63. The third-order valence-corrected chi connectivity index (χ3v) is 3.19. The van der Waals surface area contributed by atoms with Crippen LogP contribution in [0.2, 0.25) is 0 Å². The quantitative estimate of drug-likeness (QED) is 0.348. The van der Waals surface area contributed by atoms with Crippen molar-refractivity contribution < 1.29 is 0 Å². The number of rotatable bonds is 14. The summed E-state index contributed by atoms with van der Waals surface area (Å²) < 4.78 is 0. The molecule has 0 aliphatic carbocycles. The number of hydrogen-bond donors (Lipinski definition) is 2. The zero-order chi connectivity index (χ0) is 12.6. The van der Waals surface area contributed by atoms with E-state index in [-0.39, 0.29) is 0 Å². The number of hydrazine groups is 1. The van der Waals surface area contributed by atoms with Gasteiger partial charge in [0.05, 0.1) is 0 Å². The molecule has 0 saturated carbocycles. The van der Waals surface area contributed by atoms with E-state index in [1.165, 1.54) is 70.6 Å². The lowest BCUT2D eigenvalue weighted by Crippen LogP contribution is -2.33. The first kappa shape index (κ1) is 16.9. The molecule has 0 radical (unpaired) electrons. The Kier molecular flexibility index (Phi) is 15.8. The molecule has 0 fully saturated rings. The fourth-order valence-corrected chi connectivity index (χ4v) is 1.99. The lowest BCUT2D eigenvalue weighted by atomic mass is 10.1. The summed E-state index contributed by atoms with van der Waals surface area (Å²) >= 11 is 0.